The Morgan fingerprint density at radius 3 is 2.60 bits per heavy atom. The standard InChI is InChI=1S/C15H23FN2O2/c1-5-18(6-2)14(19)10-17-11(3)15-12(16)8-7-9-13(15)20-4/h7-9,11,17H,5-6,10H2,1-4H3. The molecule has 1 unspecified atom stereocenters. The number of carbonyl (C=O) groups is 1. The van der Waals surface area contributed by atoms with Crippen LogP contribution < -0.4 is 10.1 Å². The van der Waals surface area contributed by atoms with Gasteiger partial charge in [0, 0.05) is 24.7 Å². The highest BCUT2D eigenvalue weighted by Gasteiger charge is 2.18. The second-order valence-electron chi connectivity index (χ2n) is 4.52. The molecular weight excluding hydrogens is 259 g/mol. The van der Waals surface area contributed by atoms with Crippen LogP contribution in [0.5, 0.6) is 5.75 Å². The van der Waals surface area contributed by atoms with Crippen molar-refractivity contribution in [3.63, 3.8) is 0 Å². The average Bonchev–Trinajstić information content (AvgIpc) is 2.45. The molecule has 1 rings (SSSR count). The van der Waals surface area contributed by atoms with Gasteiger partial charge in [-0.2, -0.15) is 0 Å². The number of ether oxygens (including phenoxy) is 1. The van der Waals surface area contributed by atoms with Gasteiger partial charge in [-0.15, -0.1) is 0 Å². The Labute approximate surface area is 119 Å². The molecule has 0 aliphatic rings. The lowest BCUT2D eigenvalue weighted by Gasteiger charge is -2.22. The van der Waals surface area contributed by atoms with Crippen LogP contribution in [0.25, 0.3) is 0 Å². The molecule has 112 valence electrons. The molecule has 1 amide bonds. The van der Waals surface area contributed by atoms with Gasteiger partial charge in [-0.05, 0) is 32.9 Å². The zero-order valence-electron chi connectivity index (χ0n) is 12.6. The number of nitrogens with zero attached hydrogens (tertiary/aromatic N) is 1. The molecule has 0 heterocycles. The summed E-state index contributed by atoms with van der Waals surface area (Å²) >= 11 is 0. The van der Waals surface area contributed by atoms with Crippen molar-refractivity contribution in [2.75, 3.05) is 26.7 Å². The first-order valence-electron chi connectivity index (χ1n) is 6.88. The summed E-state index contributed by atoms with van der Waals surface area (Å²) in [6.45, 7) is 7.22. The first kappa shape index (κ1) is 16.4. The third-order valence-electron chi connectivity index (χ3n) is 3.34. The Kier molecular flexibility index (Phi) is 6.45. The SMILES string of the molecule is CCN(CC)C(=O)CNC(C)c1c(F)cccc1OC. The molecule has 0 spiro atoms. The maximum atomic E-state index is 13.9. The van der Waals surface area contributed by atoms with E-state index in [9.17, 15) is 9.18 Å². The van der Waals surface area contributed by atoms with Gasteiger partial charge in [0.05, 0.1) is 13.7 Å². The van der Waals surface area contributed by atoms with Gasteiger partial charge in [0.1, 0.15) is 11.6 Å². The van der Waals surface area contributed by atoms with Crippen LogP contribution in [0, 0.1) is 5.82 Å². The lowest BCUT2D eigenvalue weighted by atomic mass is 10.1. The van der Waals surface area contributed by atoms with E-state index in [1.54, 1.807) is 17.0 Å². The maximum absolute atomic E-state index is 13.9. The monoisotopic (exact) mass is 282 g/mol. The second kappa shape index (κ2) is 7.85. The molecule has 1 N–H and O–H groups in total. The highest BCUT2D eigenvalue weighted by atomic mass is 19.1. The number of benzene rings is 1. The topological polar surface area (TPSA) is 41.6 Å². The van der Waals surface area contributed by atoms with E-state index in [1.165, 1.54) is 13.2 Å². The predicted octanol–water partition coefficient (Wildman–Crippen LogP) is 2.35. The van der Waals surface area contributed by atoms with Gasteiger partial charge in [-0.25, -0.2) is 4.39 Å². The van der Waals surface area contributed by atoms with E-state index in [1.807, 2.05) is 20.8 Å². The molecule has 5 heteroatoms. The number of methoxy groups -OCH3 is 1. The van der Waals surface area contributed by atoms with Crippen LogP contribution in [0.15, 0.2) is 18.2 Å². The number of rotatable bonds is 7. The molecule has 0 aliphatic heterocycles. The molecule has 0 radical (unpaired) electrons. The van der Waals surface area contributed by atoms with Crippen LogP contribution in [0.3, 0.4) is 0 Å². The molecule has 20 heavy (non-hydrogen) atoms. The van der Waals surface area contributed by atoms with Crippen LogP contribution in [0.2, 0.25) is 0 Å². The molecule has 4 nitrogen and oxygen atoms in total. The Hall–Kier alpha value is -1.62. The molecule has 1 aromatic carbocycles. The molecule has 0 aromatic heterocycles. The van der Waals surface area contributed by atoms with Crippen molar-refractivity contribution in [2.24, 2.45) is 0 Å². The smallest absolute Gasteiger partial charge is 0.236 e. The molecular formula is C15H23FN2O2. The molecule has 0 bridgehead atoms. The van der Waals surface area contributed by atoms with Crippen LogP contribution in [-0.4, -0.2) is 37.6 Å². The summed E-state index contributed by atoms with van der Waals surface area (Å²) < 4.78 is 19.1. The van der Waals surface area contributed by atoms with E-state index in [2.05, 4.69) is 5.32 Å². The molecule has 0 fully saturated rings. The number of hydrogen-bond acceptors (Lipinski definition) is 3. The number of hydrogen-bond donors (Lipinski definition) is 1. The normalized spacial score (nSPS) is 12.1. The number of nitrogens with one attached hydrogen (secondary N) is 1. The lowest BCUT2D eigenvalue weighted by molar-refractivity contribution is -0.130. The van der Waals surface area contributed by atoms with Gasteiger partial charge in [0.25, 0.3) is 0 Å². The Morgan fingerprint density at radius 2 is 2.05 bits per heavy atom. The van der Waals surface area contributed by atoms with E-state index >= 15 is 0 Å². The van der Waals surface area contributed by atoms with E-state index in [-0.39, 0.29) is 24.3 Å². The summed E-state index contributed by atoms with van der Waals surface area (Å²) in [5, 5.41) is 3.05. The predicted molar refractivity (Wildman–Crippen MR) is 77.3 cm³/mol. The fraction of sp³-hybridized carbons (Fsp3) is 0.533. The quantitative estimate of drug-likeness (QED) is 0.834. The summed E-state index contributed by atoms with van der Waals surface area (Å²) in [5.41, 5.74) is 0.447. The van der Waals surface area contributed by atoms with Gasteiger partial charge >= 0.3 is 0 Å². The zero-order chi connectivity index (χ0) is 15.1. The van der Waals surface area contributed by atoms with E-state index in [4.69, 9.17) is 4.74 Å². The van der Waals surface area contributed by atoms with Crippen LogP contribution >= 0.6 is 0 Å². The maximum Gasteiger partial charge on any atom is 0.236 e. The van der Waals surface area contributed by atoms with Gasteiger partial charge in [0.2, 0.25) is 5.91 Å². The van der Waals surface area contributed by atoms with Crippen molar-refractivity contribution in [1.29, 1.82) is 0 Å². The largest absolute Gasteiger partial charge is 0.496 e. The van der Waals surface area contributed by atoms with Gasteiger partial charge < -0.3 is 15.0 Å². The zero-order valence-corrected chi connectivity index (χ0v) is 12.6. The van der Waals surface area contributed by atoms with Crippen LogP contribution in [-0.2, 0) is 4.79 Å². The third-order valence-corrected chi connectivity index (χ3v) is 3.34. The van der Waals surface area contributed by atoms with Crippen molar-refractivity contribution in [2.45, 2.75) is 26.8 Å². The number of likely N-dealkylation sites (N-methyl/N-ethyl adjacent to an activating group) is 1. The first-order valence-corrected chi connectivity index (χ1v) is 6.88. The van der Waals surface area contributed by atoms with Crippen LogP contribution in [0.4, 0.5) is 4.39 Å². The molecule has 0 saturated heterocycles. The minimum Gasteiger partial charge on any atom is -0.496 e. The van der Waals surface area contributed by atoms with E-state index < -0.39 is 0 Å². The second-order valence-corrected chi connectivity index (χ2v) is 4.52. The fourth-order valence-corrected chi connectivity index (χ4v) is 2.15. The van der Waals surface area contributed by atoms with E-state index in [0.717, 1.165) is 0 Å². The Morgan fingerprint density at radius 1 is 1.40 bits per heavy atom. The minimum absolute atomic E-state index is 0.0113. The summed E-state index contributed by atoms with van der Waals surface area (Å²) in [6.07, 6.45) is 0. The van der Waals surface area contributed by atoms with Crippen molar-refractivity contribution in [3.05, 3.63) is 29.6 Å². The van der Waals surface area contributed by atoms with Crippen molar-refractivity contribution in [1.82, 2.24) is 10.2 Å². The fourth-order valence-electron chi connectivity index (χ4n) is 2.15. The van der Waals surface area contributed by atoms with Crippen molar-refractivity contribution >= 4 is 5.91 Å². The average molecular weight is 282 g/mol. The first-order chi connectivity index (χ1) is 9.54. The highest BCUT2D eigenvalue weighted by molar-refractivity contribution is 5.78. The minimum atomic E-state index is -0.334. The van der Waals surface area contributed by atoms with Gasteiger partial charge in [-0.1, -0.05) is 6.07 Å². The molecule has 0 saturated carbocycles. The highest BCUT2D eigenvalue weighted by Crippen LogP contribution is 2.27. The lowest BCUT2D eigenvalue weighted by Crippen LogP contribution is -2.38. The summed E-state index contributed by atoms with van der Waals surface area (Å²) in [4.78, 5) is 13.7. The molecule has 1 aromatic rings. The van der Waals surface area contributed by atoms with Crippen molar-refractivity contribution < 1.29 is 13.9 Å². The summed E-state index contributed by atoms with van der Waals surface area (Å²) in [5.74, 6) is 0.164. The number of amides is 1. The Bertz CT molecular complexity index is 447. The number of carbonyl (C=O) groups excluding carboxylic acids is 1. The van der Waals surface area contributed by atoms with Gasteiger partial charge in [0.15, 0.2) is 0 Å². The molecule has 1 atom stereocenters. The number of halogens is 1. The van der Waals surface area contributed by atoms with E-state index in [0.29, 0.717) is 24.4 Å². The molecule has 0 aliphatic carbocycles. The summed E-state index contributed by atoms with van der Waals surface area (Å²) in [7, 11) is 1.51. The Balaban J connectivity index is 2.72. The van der Waals surface area contributed by atoms with Gasteiger partial charge in [-0.3, -0.25) is 4.79 Å². The summed E-state index contributed by atoms with van der Waals surface area (Å²) in [6, 6.07) is 4.40. The van der Waals surface area contributed by atoms with Crippen LogP contribution in [0.1, 0.15) is 32.4 Å². The van der Waals surface area contributed by atoms with Crippen molar-refractivity contribution in [3.8, 4) is 5.75 Å². The third kappa shape index (κ3) is 3.93.